The van der Waals surface area contributed by atoms with Crippen molar-refractivity contribution in [2.24, 2.45) is 0 Å². The van der Waals surface area contributed by atoms with Gasteiger partial charge in [-0.3, -0.25) is 0 Å². The van der Waals surface area contributed by atoms with Crippen molar-refractivity contribution in [1.29, 1.82) is 0 Å². The number of benzene rings is 2. The number of pyridine rings is 2. The van der Waals surface area contributed by atoms with Crippen LogP contribution in [0.1, 0.15) is 34.1 Å². The van der Waals surface area contributed by atoms with E-state index >= 15 is 0 Å². The molecule has 0 radical (unpaired) electrons. The molecule has 0 amide bonds. The summed E-state index contributed by atoms with van der Waals surface area (Å²) in [5.74, 6) is 1.74. The summed E-state index contributed by atoms with van der Waals surface area (Å²) >= 11 is 0. The van der Waals surface area contributed by atoms with Crippen LogP contribution in [0.2, 0.25) is 0 Å². The third-order valence-electron chi connectivity index (χ3n) is 5.25. The Morgan fingerprint density at radius 2 is 1.67 bits per heavy atom. The van der Waals surface area contributed by atoms with E-state index in [2.05, 4.69) is 21.4 Å². The molecule has 0 saturated carbocycles. The first-order valence-electron chi connectivity index (χ1n) is 9.90. The van der Waals surface area contributed by atoms with Gasteiger partial charge in [0.05, 0.1) is 13.2 Å². The second-order valence-electron chi connectivity index (χ2n) is 7.50. The number of aromatic hydroxyl groups is 1. The molecule has 0 bridgehead atoms. The van der Waals surface area contributed by atoms with E-state index in [1.54, 1.807) is 7.11 Å². The molecule has 30 heavy (non-hydrogen) atoms. The van der Waals surface area contributed by atoms with E-state index < -0.39 is 0 Å². The summed E-state index contributed by atoms with van der Waals surface area (Å²) in [6.45, 7) is 5.89. The Morgan fingerprint density at radius 3 is 2.40 bits per heavy atom. The van der Waals surface area contributed by atoms with Crippen LogP contribution in [0.15, 0.2) is 60.7 Å². The predicted molar refractivity (Wildman–Crippen MR) is 120 cm³/mol. The highest BCUT2D eigenvalue weighted by atomic mass is 16.5. The summed E-state index contributed by atoms with van der Waals surface area (Å²) in [4.78, 5) is 9.16. The lowest BCUT2D eigenvalue weighted by Gasteiger charge is -2.23. The van der Waals surface area contributed by atoms with Crippen molar-refractivity contribution in [1.82, 2.24) is 9.97 Å². The zero-order valence-electron chi connectivity index (χ0n) is 17.6. The fourth-order valence-corrected chi connectivity index (χ4v) is 3.71. The zero-order valence-corrected chi connectivity index (χ0v) is 17.6. The molecule has 0 aliphatic carbocycles. The summed E-state index contributed by atoms with van der Waals surface area (Å²) in [6, 6.07) is 19.4. The van der Waals surface area contributed by atoms with Crippen LogP contribution in [0.4, 0.5) is 5.82 Å². The molecule has 4 aromatic rings. The number of fused-ring (bicyclic) bond motifs is 1. The molecular formula is C25H25N3O2. The van der Waals surface area contributed by atoms with Gasteiger partial charge in [-0.25, -0.2) is 9.97 Å². The van der Waals surface area contributed by atoms with Crippen LogP contribution in [0.3, 0.4) is 0 Å². The first-order chi connectivity index (χ1) is 14.5. The molecule has 0 unspecified atom stereocenters. The molecule has 5 nitrogen and oxygen atoms in total. The van der Waals surface area contributed by atoms with E-state index in [1.165, 1.54) is 0 Å². The Hall–Kier alpha value is -3.60. The standard InChI is InChI=1S/C25H25N3O2/c1-15-14-19(11-13-21(15)30-4)23(28-22-7-5-6-16(2)26-22)20-12-10-18-9-8-17(3)27-24(18)25(20)29/h5-14,23,29H,1-4H3,(H,26,28)/t23-/m0/s1. The molecule has 0 spiro atoms. The normalized spacial score (nSPS) is 12.0. The van der Waals surface area contributed by atoms with Crippen LogP contribution >= 0.6 is 0 Å². The van der Waals surface area contributed by atoms with E-state index in [0.29, 0.717) is 5.52 Å². The molecule has 2 aromatic heterocycles. The Balaban J connectivity index is 1.87. The maximum Gasteiger partial charge on any atom is 0.147 e. The molecule has 0 aliphatic rings. The summed E-state index contributed by atoms with van der Waals surface area (Å²) in [5, 5.41) is 15.6. The summed E-state index contributed by atoms with van der Waals surface area (Å²) in [6.07, 6.45) is 0. The van der Waals surface area contributed by atoms with Crippen molar-refractivity contribution >= 4 is 16.7 Å². The van der Waals surface area contributed by atoms with Gasteiger partial charge in [0.15, 0.2) is 0 Å². The van der Waals surface area contributed by atoms with E-state index in [0.717, 1.165) is 45.0 Å². The molecule has 5 heteroatoms. The third-order valence-corrected chi connectivity index (χ3v) is 5.25. The van der Waals surface area contributed by atoms with Crippen LogP contribution in [0, 0.1) is 20.8 Å². The van der Waals surface area contributed by atoms with Crippen molar-refractivity contribution in [2.75, 3.05) is 12.4 Å². The predicted octanol–water partition coefficient (Wildman–Crippen LogP) is 5.47. The topological polar surface area (TPSA) is 67.3 Å². The molecule has 4 rings (SSSR count). The second kappa shape index (κ2) is 8.03. The van der Waals surface area contributed by atoms with Crippen LogP contribution in [0.5, 0.6) is 11.5 Å². The maximum atomic E-state index is 11.2. The SMILES string of the molecule is COc1ccc([C@H](Nc2cccc(C)n2)c2ccc3ccc(C)nc3c2O)cc1C. The molecule has 2 N–H and O–H groups in total. The molecule has 152 valence electrons. The van der Waals surface area contributed by atoms with Crippen molar-refractivity contribution in [3.8, 4) is 11.5 Å². The van der Waals surface area contributed by atoms with Gasteiger partial charge < -0.3 is 15.2 Å². The van der Waals surface area contributed by atoms with Gasteiger partial charge in [0.2, 0.25) is 0 Å². The van der Waals surface area contributed by atoms with Crippen LogP contribution in [0.25, 0.3) is 10.9 Å². The number of nitrogens with one attached hydrogen (secondary N) is 1. The quantitative estimate of drug-likeness (QED) is 0.466. The van der Waals surface area contributed by atoms with Crippen LogP contribution in [-0.4, -0.2) is 22.2 Å². The molecule has 0 aliphatic heterocycles. The van der Waals surface area contributed by atoms with E-state index in [1.807, 2.05) is 75.4 Å². The zero-order chi connectivity index (χ0) is 21.3. The largest absolute Gasteiger partial charge is 0.505 e. The number of phenols is 1. The second-order valence-corrected chi connectivity index (χ2v) is 7.50. The van der Waals surface area contributed by atoms with Gasteiger partial charge in [0.1, 0.15) is 22.8 Å². The van der Waals surface area contributed by atoms with Gasteiger partial charge in [-0.2, -0.15) is 0 Å². The Kier molecular flexibility index (Phi) is 5.27. The monoisotopic (exact) mass is 399 g/mol. The smallest absolute Gasteiger partial charge is 0.147 e. The van der Waals surface area contributed by atoms with E-state index in [4.69, 9.17) is 4.74 Å². The number of rotatable bonds is 5. The Labute approximate surface area is 176 Å². The van der Waals surface area contributed by atoms with Gasteiger partial charge in [-0.15, -0.1) is 0 Å². The summed E-state index contributed by atoms with van der Waals surface area (Å²) in [7, 11) is 1.66. The third kappa shape index (κ3) is 3.79. The Morgan fingerprint density at radius 1 is 0.900 bits per heavy atom. The van der Waals surface area contributed by atoms with Crippen molar-refractivity contribution < 1.29 is 9.84 Å². The fourth-order valence-electron chi connectivity index (χ4n) is 3.71. The average molecular weight is 399 g/mol. The number of phenolic OH excluding ortho intramolecular Hbond substituents is 1. The van der Waals surface area contributed by atoms with Crippen molar-refractivity contribution in [2.45, 2.75) is 26.8 Å². The number of aryl methyl sites for hydroxylation is 3. The molecule has 0 saturated heterocycles. The highest BCUT2D eigenvalue weighted by molar-refractivity contribution is 5.86. The van der Waals surface area contributed by atoms with Crippen molar-refractivity contribution in [3.63, 3.8) is 0 Å². The highest BCUT2D eigenvalue weighted by Gasteiger charge is 2.21. The lowest BCUT2D eigenvalue weighted by molar-refractivity contribution is 0.411. The minimum absolute atomic E-state index is 0.176. The Bertz CT molecular complexity index is 1220. The molecule has 2 aromatic carbocycles. The van der Waals surface area contributed by atoms with Crippen molar-refractivity contribution in [3.05, 3.63) is 88.7 Å². The van der Waals surface area contributed by atoms with Crippen LogP contribution < -0.4 is 10.1 Å². The van der Waals surface area contributed by atoms with Gasteiger partial charge in [-0.05, 0) is 62.2 Å². The number of ether oxygens (including phenoxy) is 1. The fraction of sp³-hybridized carbons (Fsp3) is 0.200. The number of aromatic nitrogens is 2. The molecule has 1 atom stereocenters. The van der Waals surface area contributed by atoms with E-state index in [9.17, 15) is 5.11 Å². The number of hydrogen-bond donors (Lipinski definition) is 2. The number of nitrogens with zero attached hydrogens (tertiary/aromatic N) is 2. The van der Waals surface area contributed by atoms with Gasteiger partial charge in [0, 0.05) is 22.3 Å². The average Bonchev–Trinajstić information content (AvgIpc) is 2.73. The maximum absolute atomic E-state index is 11.2. The number of methoxy groups -OCH3 is 1. The first kappa shape index (κ1) is 19.7. The molecule has 0 fully saturated rings. The lowest BCUT2D eigenvalue weighted by atomic mass is 9.94. The van der Waals surface area contributed by atoms with E-state index in [-0.39, 0.29) is 11.8 Å². The minimum Gasteiger partial charge on any atom is -0.505 e. The number of hydrogen-bond acceptors (Lipinski definition) is 5. The number of anilines is 1. The summed E-state index contributed by atoms with van der Waals surface area (Å²) in [5.41, 5.74) is 5.15. The van der Waals surface area contributed by atoms with Gasteiger partial charge in [-0.1, -0.05) is 30.3 Å². The first-order valence-corrected chi connectivity index (χ1v) is 9.90. The molecular weight excluding hydrogens is 374 g/mol. The highest BCUT2D eigenvalue weighted by Crippen LogP contribution is 2.37. The minimum atomic E-state index is -0.310. The lowest BCUT2D eigenvalue weighted by Crippen LogP contribution is -2.14. The van der Waals surface area contributed by atoms with Gasteiger partial charge in [0.25, 0.3) is 0 Å². The van der Waals surface area contributed by atoms with Gasteiger partial charge >= 0.3 is 0 Å². The summed E-state index contributed by atoms with van der Waals surface area (Å²) < 4.78 is 5.42. The molecule has 2 heterocycles. The van der Waals surface area contributed by atoms with Crippen LogP contribution in [-0.2, 0) is 0 Å².